The molecule has 4 atom stereocenters. The van der Waals surface area contributed by atoms with Crippen molar-refractivity contribution in [3.63, 3.8) is 0 Å². The van der Waals surface area contributed by atoms with Gasteiger partial charge in [0.2, 0.25) is 11.8 Å². The van der Waals surface area contributed by atoms with Crippen LogP contribution in [0.15, 0.2) is 78.9 Å². The second kappa shape index (κ2) is 15.5. The SMILES string of the molecule is CCO[C@H](C(=O)O)[C@@H](CCCc1ccc(-c2ccccc2)c(C)c1)C(=O)N[C@H](C(=O)N[C@H](C)c1ccccc1)C(C)(C)C. The molecule has 230 valence electrons. The van der Waals surface area contributed by atoms with Gasteiger partial charge in [-0.2, -0.15) is 0 Å². The van der Waals surface area contributed by atoms with Crippen LogP contribution in [-0.4, -0.2) is 41.6 Å². The predicted octanol–water partition coefficient (Wildman–Crippen LogP) is 6.50. The normalized spacial score (nSPS) is 14.3. The second-order valence-electron chi connectivity index (χ2n) is 12.2. The van der Waals surface area contributed by atoms with Crippen molar-refractivity contribution in [2.24, 2.45) is 11.3 Å². The van der Waals surface area contributed by atoms with E-state index < -0.39 is 35.4 Å². The zero-order valence-electron chi connectivity index (χ0n) is 26.2. The predicted molar refractivity (Wildman–Crippen MR) is 170 cm³/mol. The number of carboxylic acids is 1. The van der Waals surface area contributed by atoms with Crippen LogP contribution in [0.1, 0.15) is 70.2 Å². The standard InChI is InChI=1S/C36H46N2O5/c1-7-43-31(35(41)42)30(20-14-15-26-21-22-29(24(2)23-26)28-18-12-9-13-19-28)33(39)38-32(36(4,5)6)34(40)37-25(3)27-16-10-8-11-17-27/h8-13,16-19,21-23,25,30-32H,7,14-15,20H2,1-6H3,(H,37,40)(H,38,39)(H,41,42)/t25-,30-,31+,32-/m1/s1. The number of carbonyl (C=O) groups is 3. The van der Waals surface area contributed by atoms with Gasteiger partial charge in [0, 0.05) is 6.61 Å². The van der Waals surface area contributed by atoms with Crippen LogP contribution in [0, 0.1) is 18.3 Å². The van der Waals surface area contributed by atoms with Crippen molar-refractivity contribution in [3.8, 4) is 11.1 Å². The van der Waals surface area contributed by atoms with E-state index in [4.69, 9.17) is 4.74 Å². The van der Waals surface area contributed by atoms with Crippen molar-refractivity contribution in [2.45, 2.75) is 79.0 Å². The first kappa shape index (κ1) is 33.5. The van der Waals surface area contributed by atoms with Crippen LogP contribution < -0.4 is 10.6 Å². The lowest BCUT2D eigenvalue weighted by atomic mass is 9.84. The van der Waals surface area contributed by atoms with Crippen molar-refractivity contribution < 1.29 is 24.2 Å². The molecule has 2 amide bonds. The molecule has 43 heavy (non-hydrogen) atoms. The number of nitrogens with one attached hydrogen (secondary N) is 2. The molecule has 0 saturated heterocycles. The van der Waals surface area contributed by atoms with Crippen molar-refractivity contribution in [1.82, 2.24) is 10.6 Å². The van der Waals surface area contributed by atoms with Crippen molar-refractivity contribution in [3.05, 3.63) is 95.6 Å². The second-order valence-corrected chi connectivity index (χ2v) is 12.2. The minimum atomic E-state index is -1.32. The molecule has 0 spiro atoms. The van der Waals surface area contributed by atoms with Gasteiger partial charge in [-0.1, -0.05) is 99.6 Å². The van der Waals surface area contributed by atoms with E-state index in [0.29, 0.717) is 19.3 Å². The first-order valence-electron chi connectivity index (χ1n) is 15.1. The van der Waals surface area contributed by atoms with Gasteiger partial charge in [-0.25, -0.2) is 4.79 Å². The Kier molecular flexibility index (Phi) is 12.1. The van der Waals surface area contributed by atoms with Crippen LogP contribution in [0.4, 0.5) is 0 Å². The molecule has 0 aliphatic heterocycles. The van der Waals surface area contributed by atoms with Crippen LogP contribution in [0.5, 0.6) is 0 Å². The molecule has 7 nitrogen and oxygen atoms in total. The molecule has 0 radical (unpaired) electrons. The number of hydrogen-bond donors (Lipinski definition) is 3. The summed E-state index contributed by atoms with van der Waals surface area (Å²) in [6.07, 6.45) is 0.229. The van der Waals surface area contributed by atoms with Gasteiger partial charge in [0.25, 0.3) is 0 Å². The molecule has 0 aromatic heterocycles. The van der Waals surface area contributed by atoms with Gasteiger partial charge in [-0.05, 0) is 73.3 Å². The summed E-state index contributed by atoms with van der Waals surface area (Å²) in [7, 11) is 0. The third-order valence-corrected chi connectivity index (χ3v) is 7.72. The molecule has 3 rings (SSSR count). The molecular weight excluding hydrogens is 540 g/mol. The van der Waals surface area contributed by atoms with E-state index in [-0.39, 0.29) is 18.6 Å². The summed E-state index contributed by atoms with van der Waals surface area (Å²) >= 11 is 0. The van der Waals surface area contributed by atoms with Gasteiger partial charge < -0.3 is 20.5 Å². The number of amides is 2. The smallest absolute Gasteiger partial charge is 0.333 e. The molecule has 7 heteroatoms. The first-order chi connectivity index (χ1) is 20.4. The molecule has 0 fully saturated rings. The van der Waals surface area contributed by atoms with Gasteiger partial charge in [0.1, 0.15) is 6.04 Å². The fourth-order valence-corrected chi connectivity index (χ4v) is 5.35. The molecular formula is C36H46N2O5. The zero-order chi connectivity index (χ0) is 31.6. The summed E-state index contributed by atoms with van der Waals surface area (Å²) in [5.74, 6) is -2.99. The highest BCUT2D eigenvalue weighted by Crippen LogP contribution is 2.27. The Bertz CT molecular complexity index is 1350. The number of rotatable bonds is 14. The summed E-state index contributed by atoms with van der Waals surface area (Å²) in [4.78, 5) is 39.4. The third kappa shape index (κ3) is 9.52. The molecule has 0 aliphatic carbocycles. The van der Waals surface area contributed by atoms with Gasteiger partial charge in [0.15, 0.2) is 6.10 Å². The highest BCUT2D eigenvalue weighted by atomic mass is 16.5. The van der Waals surface area contributed by atoms with Gasteiger partial charge in [0.05, 0.1) is 12.0 Å². The molecule has 0 unspecified atom stereocenters. The van der Waals surface area contributed by atoms with Crippen molar-refractivity contribution in [2.75, 3.05) is 6.61 Å². The number of aliphatic carboxylic acids is 1. The Morgan fingerprint density at radius 3 is 2.07 bits per heavy atom. The van der Waals surface area contributed by atoms with E-state index in [1.165, 1.54) is 0 Å². The Morgan fingerprint density at radius 1 is 0.884 bits per heavy atom. The highest BCUT2D eigenvalue weighted by Gasteiger charge is 2.39. The lowest BCUT2D eigenvalue weighted by molar-refractivity contribution is -0.158. The van der Waals surface area contributed by atoms with Crippen LogP contribution in [0.25, 0.3) is 11.1 Å². The lowest BCUT2D eigenvalue weighted by Gasteiger charge is -2.33. The number of hydrogen-bond acceptors (Lipinski definition) is 4. The number of ether oxygens (including phenoxy) is 1. The van der Waals surface area contributed by atoms with Crippen molar-refractivity contribution in [1.29, 1.82) is 0 Å². The molecule has 0 bridgehead atoms. The minimum absolute atomic E-state index is 0.151. The van der Waals surface area contributed by atoms with E-state index in [0.717, 1.165) is 27.8 Å². The van der Waals surface area contributed by atoms with Crippen LogP contribution in [0.3, 0.4) is 0 Å². The maximum atomic E-state index is 13.7. The lowest BCUT2D eigenvalue weighted by Crippen LogP contribution is -2.56. The molecule has 0 aliphatic rings. The topological polar surface area (TPSA) is 105 Å². The van der Waals surface area contributed by atoms with Crippen LogP contribution >= 0.6 is 0 Å². The van der Waals surface area contributed by atoms with Crippen LogP contribution in [-0.2, 0) is 25.5 Å². The Morgan fingerprint density at radius 2 is 1.51 bits per heavy atom. The third-order valence-electron chi connectivity index (χ3n) is 7.72. The van der Waals surface area contributed by atoms with Gasteiger partial charge >= 0.3 is 5.97 Å². The summed E-state index contributed by atoms with van der Waals surface area (Å²) in [6, 6.07) is 25.0. The maximum Gasteiger partial charge on any atom is 0.333 e. The highest BCUT2D eigenvalue weighted by molar-refractivity contribution is 5.91. The Balaban J connectivity index is 1.75. The number of benzene rings is 3. The monoisotopic (exact) mass is 586 g/mol. The van der Waals surface area contributed by atoms with Gasteiger partial charge in [-0.15, -0.1) is 0 Å². The zero-order valence-corrected chi connectivity index (χ0v) is 26.2. The maximum absolute atomic E-state index is 13.7. The Labute approximate surface area is 256 Å². The number of carboxylic acid groups (broad SMARTS) is 1. The average Bonchev–Trinajstić information content (AvgIpc) is 2.97. The summed E-state index contributed by atoms with van der Waals surface area (Å²) in [5.41, 5.74) is 4.91. The Hall–Kier alpha value is -3.97. The summed E-state index contributed by atoms with van der Waals surface area (Å²) in [6.45, 7) is 11.4. The fourth-order valence-electron chi connectivity index (χ4n) is 5.35. The number of carbonyl (C=O) groups excluding carboxylic acids is 2. The largest absolute Gasteiger partial charge is 0.479 e. The molecule has 0 heterocycles. The van der Waals surface area contributed by atoms with E-state index in [9.17, 15) is 19.5 Å². The molecule has 3 aromatic carbocycles. The van der Waals surface area contributed by atoms with Crippen LogP contribution in [0.2, 0.25) is 0 Å². The molecule has 3 N–H and O–H groups in total. The van der Waals surface area contributed by atoms with E-state index in [2.05, 4.69) is 47.9 Å². The summed E-state index contributed by atoms with van der Waals surface area (Å²) < 4.78 is 5.56. The molecule has 0 saturated carbocycles. The fraction of sp³-hybridized carbons (Fsp3) is 0.417. The number of aryl methyl sites for hydroxylation is 2. The van der Waals surface area contributed by atoms with E-state index >= 15 is 0 Å². The molecule has 3 aromatic rings. The van der Waals surface area contributed by atoms with E-state index in [1.807, 2.05) is 76.2 Å². The first-order valence-corrected chi connectivity index (χ1v) is 15.1. The van der Waals surface area contributed by atoms with E-state index in [1.54, 1.807) is 6.92 Å². The average molecular weight is 587 g/mol. The van der Waals surface area contributed by atoms with Gasteiger partial charge in [-0.3, -0.25) is 9.59 Å². The summed E-state index contributed by atoms with van der Waals surface area (Å²) in [5, 5.41) is 15.9. The van der Waals surface area contributed by atoms with Crippen molar-refractivity contribution >= 4 is 17.8 Å². The quantitative estimate of drug-likeness (QED) is 0.200. The minimum Gasteiger partial charge on any atom is -0.479 e.